The van der Waals surface area contributed by atoms with E-state index >= 15 is 0 Å². The summed E-state index contributed by atoms with van der Waals surface area (Å²) in [6.07, 6.45) is 3.23. The van der Waals surface area contributed by atoms with Gasteiger partial charge in [0.05, 0.1) is 19.6 Å². The van der Waals surface area contributed by atoms with Gasteiger partial charge in [0.1, 0.15) is 0 Å². The minimum absolute atomic E-state index is 0.0438. The second-order valence-electron chi connectivity index (χ2n) is 5.64. The lowest BCUT2D eigenvalue weighted by Crippen LogP contribution is -2.29. The molecule has 4 nitrogen and oxygen atoms in total. The Balaban J connectivity index is 2.10. The third-order valence-corrected chi connectivity index (χ3v) is 3.91. The molecular formula is C20H20ClNO3. The van der Waals surface area contributed by atoms with Crippen LogP contribution in [0.1, 0.15) is 29.2 Å². The van der Waals surface area contributed by atoms with Gasteiger partial charge in [0.2, 0.25) is 5.91 Å². The number of aryl methyl sites for hydroxylation is 1. The first kappa shape index (κ1) is 18.7. The molecule has 0 aliphatic rings. The summed E-state index contributed by atoms with van der Waals surface area (Å²) in [5.41, 5.74) is 2.84. The third kappa shape index (κ3) is 6.08. The van der Waals surface area contributed by atoms with E-state index in [0.29, 0.717) is 5.02 Å². The van der Waals surface area contributed by atoms with Crippen LogP contribution in [0.5, 0.6) is 0 Å². The molecule has 2 aromatic rings. The fraction of sp³-hybridized carbons (Fsp3) is 0.200. The lowest BCUT2D eigenvalue weighted by atomic mass is 10.0. The van der Waals surface area contributed by atoms with E-state index in [0.717, 1.165) is 16.7 Å². The van der Waals surface area contributed by atoms with Crippen LogP contribution in [0.3, 0.4) is 0 Å². The van der Waals surface area contributed by atoms with Gasteiger partial charge < -0.3 is 10.1 Å². The Morgan fingerprint density at radius 3 is 2.56 bits per heavy atom. The van der Waals surface area contributed by atoms with Crippen molar-refractivity contribution in [3.63, 3.8) is 0 Å². The molecular weight excluding hydrogens is 338 g/mol. The van der Waals surface area contributed by atoms with Crippen molar-refractivity contribution in [3.05, 3.63) is 76.3 Å². The van der Waals surface area contributed by atoms with Gasteiger partial charge in [0.25, 0.3) is 0 Å². The molecule has 0 aromatic heterocycles. The minimum Gasteiger partial charge on any atom is -0.469 e. The molecule has 1 N–H and O–H groups in total. The standard InChI is InChI=1S/C20H20ClNO3/c1-14-4-3-5-15(12-14)6-11-19(23)22-18(13-20(24)25-2)16-7-9-17(21)10-8-16/h3-12,18H,13H2,1-2H3,(H,22,23)/b11-6+. The summed E-state index contributed by atoms with van der Waals surface area (Å²) in [4.78, 5) is 23.9. The predicted molar refractivity (Wildman–Crippen MR) is 99.2 cm³/mol. The molecule has 1 unspecified atom stereocenters. The monoisotopic (exact) mass is 357 g/mol. The maximum atomic E-state index is 12.2. The number of rotatable bonds is 6. The summed E-state index contributed by atoms with van der Waals surface area (Å²) >= 11 is 5.90. The molecule has 0 aliphatic carbocycles. The first-order valence-corrected chi connectivity index (χ1v) is 8.23. The number of carbonyl (C=O) groups excluding carboxylic acids is 2. The predicted octanol–water partition coefficient (Wildman–Crippen LogP) is 4.08. The molecule has 0 spiro atoms. The van der Waals surface area contributed by atoms with E-state index in [9.17, 15) is 9.59 Å². The Hall–Kier alpha value is -2.59. The van der Waals surface area contributed by atoms with Gasteiger partial charge in [-0.3, -0.25) is 9.59 Å². The molecule has 0 bridgehead atoms. The van der Waals surface area contributed by atoms with Crippen molar-refractivity contribution in [1.82, 2.24) is 5.32 Å². The molecule has 1 atom stereocenters. The Morgan fingerprint density at radius 1 is 1.20 bits per heavy atom. The summed E-state index contributed by atoms with van der Waals surface area (Å²) in [6, 6.07) is 14.3. The van der Waals surface area contributed by atoms with Crippen molar-refractivity contribution in [2.45, 2.75) is 19.4 Å². The molecule has 0 heterocycles. The molecule has 0 saturated carbocycles. The van der Waals surface area contributed by atoms with E-state index in [1.165, 1.54) is 13.2 Å². The van der Waals surface area contributed by atoms with E-state index in [4.69, 9.17) is 16.3 Å². The lowest BCUT2D eigenvalue weighted by molar-refractivity contribution is -0.141. The number of methoxy groups -OCH3 is 1. The van der Waals surface area contributed by atoms with Gasteiger partial charge in [-0.2, -0.15) is 0 Å². The number of hydrogen-bond donors (Lipinski definition) is 1. The molecule has 0 saturated heterocycles. The van der Waals surface area contributed by atoms with Crippen LogP contribution in [0.4, 0.5) is 0 Å². The van der Waals surface area contributed by atoms with E-state index in [1.54, 1.807) is 30.3 Å². The lowest BCUT2D eigenvalue weighted by Gasteiger charge is -2.17. The zero-order valence-corrected chi connectivity index (χ0v) is 14.9. The summed E-state index contributed by atoms with van der Waals surface area (Å²) in [5, 5.41) is 3.42. The van der Waals surface area contributed by atoms with Crippen LogP contribution in [-0.4, -0.2) is 19.0 Å². The highest BCUT2D eigenvalue weighted by molar-refractivity contribution is 6.30. The van der Waals surface area contributed by atoms with Gasteiger partial charge in [-0.15, -0.1) is 0 Å². The molecule has 25 heavy (non-hydrogen) atoms. The normalized spacial score (nSPS) is 12.0. The average Bonchev–Trinajstić information content (AvgIpc) is 2.60. The van der Waals surface area contributed by atoms with E-state index in [1.807, 2.05) is 31.2 Å². The number of ether oxygens (including phenoxy) is 1. The van der Waals surface area contributed by atoms with E-state index in [2.05, 4.69) is 5.32 Å². The summed E-state index contributed by atoms with van der Waals surface area (Å²) in [7, 11) is 1.32. The van der Waals surface area contributed by atoms with Gasteiger partial charge >= 0.3 is 5.97 Å². The van der Waals surface area contributed by atoms with Gasteiger partial charge in [0.15, 0.2) is 0 Å². The zero-order chi connectivity index (χ0) is 18.2. The highest BCUT2D eigenvalue weighted by Crippen LogP contribution is 2.20. The Bertz CT molecular complexity index is 769. The van der Waals surface area contributed by atoms with E-state index < -0.39 is 12.0 Å². The first-order chi connectivity index (χ1) is 12.0. The summed E-state index contributed by atoms with van der Waals surface area (Å²) in [5.74, 6) is -0.687. The van der Waals surface area contributed by atoms with Gasteiger partial charge in [-0.05, 0) is 36.3 Å². The molecule has 5 heteroatoms. The van der Waals surface area contributed by atoms with Crippen molar-refractivity contribution >= 4 is 29.6 Å². The smallest absolute Gasteiger partial charge is 0.307 e. The van der Waals surface area contributed by atoms with E-state index in [-0.39, 0.29) is 12.3 Å². The number of esters is 1. The second-order valence-corrected chi connectivity index (χ2v) is 6.08. The SMILES string of the molecule is COC(=O)CC(NC(=O)/C=C/c1cccc(C)c1)c1ccc(Cl)cc1. The summed E-state index contributed by atoms with van der Waals surface area (Å²) in [6.45, 7) is 1.99. The van der Waals surface area contributed by atoms with Crippen LogP contribution < -0.4 is 5.32 Å². The van der Waals surface area contributed by atoms with Crippen LogP contribution in [0, 0.1) is 6.92 Å². The van der Waals surface area contributed by atoms with Crippen LogP contribution in [0.25, 0.3) is 6.08 Å². The Morgan fingerprint density at radius 2 is 1.92 bits per heavy atom. The highest BCUT2D eigenvalue weighted by Gasteiger charge is 2.18. The van der Waals surface area contributed by atoms with Crippen LogP contribution in [-0.2, 0) is 14.3 Å². The molecule has 2 rings (SSSR count). The molecule has 0 radical (unpaired) electrons. The van der Waals surface area contributed by atoms with Crippen molar-refractivity contribution in [2.75, 3.05) is 7.11 Å². The maximum Gasteiger partial charge on any atom is 0.307 e. The minimum atomic E-state index is -0.487. The second kappa shape index (κ2) is 9.04. The van der Waals surface area contributed by atoms with Crippen molar-refractivity contribution < 1.29 is 14.3 Å². The molecule has 1 amide bonds. The number of amides is 1. The number of carbonyl (C=O) groups is 2. The molecule has 0 fully saturated rings. The summed E-state index contributed by atoms with van der Waals surface area (Å²) < 4.78 is 4.72. The number of halogens is 1. The number of hydrogen-bond acceptors (Lipinski definition) is 3. The van der Waals surface area contributed by atoms with Crippen molar-refractivity contribution in [2.24, 2.45) is 0 Å². The van der Waals surface area contributed by atoms with Gasteiger partial charge in [-0.1, -0.05) is 53.6 Å². The van der Waals surface area contributed by atoms with Gasteiger partial charge in [0, 0.05) is 11.1 Å². The Kier molecular flexibility index (Phi) is 6.78. The zero-order valence-electron chi connectivity index (χ0n) is 14.2. The maximum absolute atomic E-state index is 12.2. The fourth-order valence-corrected chi connectivity index (χ4v) is 2.49. The third-order valence-electron chi connectivity index (χ3n) is 3.66. The fourth-order valence-electron chi connectivity index (χ4n) is 2.36. The van der Waals surface area contributed by atoms with Gasteiger partial charge in [-0.25, -0.2) is 0 Å². The quantitative estimate of drug-likeness (QED) is 0.626. The topological polar surface area (TPSA) is 55.4 Å². The largest absolute Gasteiger partial charge is 0.469 e. The Labute approximate surface area is 152 Å². The van der Waals surface area contributed by atoms with Crippen molar-refractivity contribution in [3.8, 4) is 0 Å². The van der Waals surface area contributed by atoms with Crippen LogP contribution >= 0.6 is 11.6 Å². The first-order valence-electron chi connectivity index (χ1n) is 7.85. The average molecular weight is 358 g/mol. The van der Waals surface area contributed by atoms with Crippen LogP contribution in [0.2, 0.25) is 5.02 Å². The molecule has 130 valence electrons. The highest BCUT2D eigenvalue weighted by atomic mass is 35.5. The molecule has 2 aromatic carbocycles. The number of benzene rings is 2. The van der Waals surface area contributed by atoms with Crippen molar-refractivity contribution in [1.29, 1.82) is 0 Å². The number of nitrogens with one attached hydrogen (secondary N) is 1. The van der Waals surface area contributed by atoms with Crippen LogP contribution in [0.15, 0.2) is 54.6 Å². The molecule has 0 aliphatic heterocycles.